The summed E-state index contributed by atoms with van der Waals surface area (Å²) in [5, 5.41) is 2.93. The van der Waals surface area contributed by atoms with Crippen molar-refractivity contribution in [1.29, 1.82) is 0 Å². The lowest BCUT2D eigenvalue weighted by molar-refractivity contribution is 0.0955. The highest BCUT2D eigenvalue weighted by atomic mass is 32.2. The van der Waals surface area contributed by atoms with Gasteiger partial charge in [-0.1, -0.05) is 37.3 Å². The van der Waals surface area contributed by atoms with E-state index in [1.54, 1.807) is 6.07 Å². The lowest BCUT2D eigenvalue weighted by Crippen LogP contribution is -2.26. The molecule has 3 rings (SSSR count). The summed E-state index contributed by atoms with van der Waals surface area (Å²) >= 11 is 1.29. The Labute approximate surface area is 134 Å². The number of hydrogen-bond donors (Lipinski definition) is 1. The fourth-order valence-corrected chi connectivity index (χ4v) is 5.72. The van der Waals surface area contributed by atoms with Crippen LogP contribution in [0.3, 0.4) is 0 Å². The van der Waals surface area contributed by atoms with E-state index in [9.17, 15) is 13.2 Å². The molecular formula is C16H17NO3S2. The van der Waals surface area contributed by atoms with Crippen LogP contribution in [0.25, 0.3) is 0 Å². The molecule has 1 atom stereocenters. The number of amides is 1. The Kier molecular flexibility index (Phi) is 4.06. The van der Waals surface area contributed by atoms with E-state index in [4.69, 9.17) is 0 Å². The molecule has 0 aliphatic carbocycles. The predicted octanol–water partition coefficient (Wildman–Crippen LogP) is 2.71. The third-order valence-corrected chi connectivity index (χ3v) is 6.62. The van der Waals surface area contributed by atoms with Gasteiger partial charge in [0.25, 0.3) is 5.91 Å². The van der Waals surface area contributed by atoms with Crippen molar-refractivity contribution in [3.8, 4) is 0 Å². The smallest absolute Gasteiger partial charge is 0.261 e. The number of rotatable bonds is 4. The topological polar surface area (TPSA) is 63.2 Å². The first-order valence-electron chi connectivity index (χ1n) is 7.10. The van der Waals surface area contributed by atoms with Gasteiger partial charge in [-0.15, -0.1) is 11.3 Å². The van der Waals surface area contributed by atoms with Crippen LogP contribution in [0.15, 0.2) is 36.4 Å². The van der Waals surface area contributed by atoms with E-state index in [1.807, 2.05) is 30.3 Å². The molecule has 2 aromatic rings. The molecule has 116 valence electrons. The molecule has 0 spiro atoms. The van der Waals surface area contributed by atoms with Gasteiger partial charge >= 0.3 is 0 Å². The first kappa shape index (κ1) is 15.2. The highest BCUT2D eigenvalue weighted by Crippen LogP contribution is 2.32. The lowest BCUT2D eigenvalue weighted by Gasteiger charge is -2.12. The molecule has 4 nitrogen and oxygen atoms in total. The summed E-state index contributed by atoms with van der Waals surface area (Å²) in [6, 6.07) is 11.7. The van der Waals surface area contributed by atoms with Gasteiger partial charge < -0.3 is 5.32 Å². The summed E-state index contributed by atoms with van der Waals surface area (Å²) in [6.45, 7) is 2.63. The van der Waals surface area contributed by atoms with Gasteiger partial charge in [0.15, 0.2) is 9.84 Å². The van der Waals surface area contributed by atoms with Crippen LogP contribution < -0.4 is 5.32 Å². The normalized spacial score (nSPS) is 17.0. The molecule has 0 saturated carbocycles. The third-order valence-electron chi connectivity index (χ3n) is 3.78. The Balaban J connectivity index is 1.62. The number of carbonyl (C=O) groups is 1. The van der Waals surface area contributed by atoms with Crippen molar-refractivity contribution < 1.29 is 13.2 Å². The summed E-state index contributed by atoms with van der Waals surface area (Å²) in [7, 11) is -2.99. The molecular weight excluding hydrogens is 318 g/mol. The molecule has 1 aromatic carbocycles. The van der Waals surface area contributed by atoms with E-state index in [2.05, 4.69) is 12.2 Å². The van der Waals surface area contributed by atoms with Gasteiger partial charge in [-0.25, -0.2) is 8.42 Å². The quantitative estimate of drug-likeness (QED) is 0.934. The Morgan fingerprint density at radius 3 is 2.68 bits per heavy atom. The van der Waals surface area contributed by atoms with Gasteiger partial charge in [0, 0.05) is 11.4 Å². The zero-order valence-corrected chi connectivity index (χ0v) is 13.8. The van der Waals surface area contributed by atoms with Gasteiger partial charge in [0.1, 0.15) is 0 Å². The molecule has 1 aliphatic rings. The van der Waals surface area contributed by atoms with Crippen LogP contribution in [0, 0.1) is 0 Å². The summed E-state index contributed by atoms with van der Waals surface area (Å²) in [5.74, 6) is 0.240. The molecule has 2 heterocycles. The minimum atomic E-state index is -2.99. The molecule has 1 N–H and O–H groups in total. The summed E-state index contributed by atoms with van der Waals surface area (Å²) in [5.41, 5.74) is 1.97. The molecule has 6 heteroatoms. The van der Waals surface area contributed by atoms with E-state index in [1.165, 1.54) is 16.9 Å². The van der Waals surface area contributed by atoms with Gasteiger partial charge in [0.05, 0.1) is 16.4 Å². The summed E-state index contributed by atoms with van der Waals surface area (Å²) < 4.78 is 23.0. The maximum atomic E-state index is 12.2. The van der Waals surface area contributed by atoms with Crippen LogP contribution in [0.1, 0.15) is 38.5 Å². The molecule has 0 fully saturated rings. The number of carbonyl (C=O) groups excluding carboxylic acids is 1. The van der Waals surface area contributed by atoms with Gasteiger partial charge in [0.2, 0.25) is 0 Å². The number of nitrogens with one attached hydrogen (secondary N) is 1. The van der Waals surface area contributed by atoms with Crippen LogP contribution >= 0.6 is 11.3 Å². The second-order valence-corrected chi connectivity index (χ2v) is 8.81. The molecule has 22 heavy (non-hydrogen) atoms. The van der Waals surface area contributed by atoms with Crippen molar-refractivity contribution in [2.24, 2.45) is 0 Å². The third kappa shape index (κ3) is 3.23. The van der Waals surface area contributed by atoms with Crippen molar-refractivity contribution >= 4 is 27.1 Å². The van der Waals surface area contributed by atoms with E-state index in [0.717, 1.165) is 10.4 Å². The fraction of sp³-hybridized carbons (Fsp3) is 0.312. The highest BCUT2D eigenvalue weighted by Gasteiger charge is 2.28. The zero-order chi connectivity index (χ0) is 15.7. The molecule has 0 saturated heterocycles. The Bertz CT molecular complexity index is 765. The van der Waals surface area contributed by atoms with Crippen LogP contribution in [-0.4, -0.2) is 20.9 Å². The van der Waals surface area contributed by atoms with Crippen molar-refractivity contribution in [2.45, 2.75) is 24.3 Å². The number of sulfone groups is 1. The minimum absolute atomic E-state index is 0.0620. The Hall–Kier alpha value is -1.66. The van der Waals surface area contributed by atoms with E-state index >= 15 is 0 Å². The molecule has 1 amide bonds. The SMILES string of the molecule is C[C@H](CNC(=O)c1cc2c(s1)CS(=O)(=O)C2)c1ccccc1. The van der Waals surface area contributed by atoms with E-state index in [-0.39, 0.29) is 23.3 Å². The van der Waals surface area contributed by atoms with E-state index in [0.29, 0.717) is 11.4 Å². The van der Waals surface area contributed by atoms with Crippen LogP contribution in [0.2, 0.25) is 0 Å². The van der Waals surface area contributed by atoms with Crippen molar-refractivity contribution in [3.05, 3.63) is 57.3 Å². The maximum Gasteiger partial charge on any atom is 0.261 e. The minimum Gasteiger partial charge on any atom is -0.351 e. The average Bonchev–Trinajstić information content (AvgIpc) is 2.98. The average molecular weight is 335 g/mol. The second kappa shape index (κ2) is 5.85. The summed E-state index contributed by atoms with van der Waals surface area (Å²) in [6.07, 6.45) is 0. The predicted molar refractivity (Wildman–Crippen MR) is 87.8 cm³/mol. The zero-order valence-electron chi connectivity index (χ0n) is 12.2. The molecule has 0 unspecified atom stereocenters. The Morgan fingerprint density at radius 2 is 2.00 bits per heavy atom. The Morgan fingerprint density at radius 1 is 1.27 bits per heavy atom. The van der Waals surface area contributed by atoms with Crippen molar-refractivity contribution in [1.82, 2.24) is 5.32 Å². The molecule has 1 aromatic heterocycles. The number of hydrogen-bond acceptors (Lipinski definition) is 4. The standard InChI is InChI=1S/C16H17NO3S2/c1-11(12-5-3-2-4-6-12)8-17-16(18)14-7-13-9-22(19,20)10-15(13)21-14/h2-7,11H,8-10H2,1H3,(H,17,18)/t11-/m1/s1. The largest absolute Gasteiger partial charge is 0.351 e. The maximum absolute atomic E-state index is 12.2. The number of fused-ring (bicyclic) bond motifs is 1. The molecule has 1 aliphatic heterocycles. The van der Waals surface area contributed by atoms with Crippen LogP contribution in [-0.2, 0) is 21.3 Å². The van der Waals surface area contributed by atoms with E-state index < -0.39 is 9.84 Å². The number of thiophene rings is 1. The lowest BCUT2D eigenvalue weighted by atomic mass is 10.0. The molecule has 0 bridgehead atoms. The number of benzene rings is 1. The van der Waals surface area contributed by atoms with Gasteiger partial charge in [-0.3, -0.25) is 4.79 Å². The monoisotopic (exact) mass is 335 g/mol. The van der Waals surface area contributed by atoms with Crippen LogP contribution in [0.5, 0.6) is 0 Å². The van der Waals surface area contributed by atoms with Gasteiger partial charge in [-0.05, 0) is 23.1 Å². The van der Waals surface area contributed by atoms with Gasteiger partial charge in [-0.2, -0.15) is 0 Å². The molecule has 0 radical (unpaired) electrons. The highest BCUT2D eigenvalue weighted by molar-refractivity contribution is 7.90. The summed E-state index contributed by atoms with van der Waals surface area (Å²) in [4.78, 5) is 13.6. The fourth-order valence-electron chi connectivity index (χ4n) is 2.54. The van der Waals surface area contributed by atoms with Crippen LogP contribution in [0.4, 0.5) is 0 Å². The first-order chi connectivity index (χ1) is 10.4. The van der Waals surface area contributed by atoms with Crippen molar-refractivity contribution in [3.63, 3.8) is 0 Å². The first-order valence-corrected chi connectivity index (χ1v) is 9.73. The van der Waals surface area contributed by atoms with Crippen molar-refractivity contribution in [2.75, 3.05) is 6.54 Å². The second-order valence-electron chi connectivity index (χ2n) is 5.61.